The number of nitrogens with zero attached hydrogens (tertiary/aromatic N) is 1. The van der Waals surface area contributed by atoms with E-state index in [1.807, 2.05) is 12.1 Å². The van der Waals surface area contributed by atoms with E-state index in [4.69, 9.17) is 0 Å². The van der Waals surface area contributed by atoms with Crippen LogP contribution in [-0.4, -0.2) is 25.0 Å². The van der Waals surface area contributed by atoms with Gasteiger partial charge in [-0.1, -0.05) is 24.3 Å². The maximum absolute atomic E-state index is 12.1. The van der Waals surface area contributed by atoms with E-state index in [0.717, 1.165) is 12.8 Å². The quantitative estimate of drug-likeness (QED) is 0.921. The van der Waals surface area contributed by atoms with Crippen LogP contribution in [0.1, 0.15) is 17.4 Å². The molecule has 1 aliphatic heterocycles. The van der Waals surface area contributed by atoms with Gasteiger partial charge in [0.1, 0.15) is 0 Å². The number of hydrogen-bond donors (Lipinski definition) is 1. The van der Waals surface area contributed by atoms with Crippen molar-refractivity contribution < 1.29 is 4.79 Å². The highest BCUT2D eigenvalue weighted by Gasteiger charge is 2.26. The van der Waals surface area contributed by atoms with Gasteiger partial charge in [-0.15, -0.1) is 11.3 Å². The fraction of sp³-hybridized carbons (Fsp3) is 0.353. The van der Waals surface area contributed by atoms with Gasteiger partial charge >= 0.3 is 0 Å². The molecule has 3 rings (SSSR count). The zero-order valence-electron chi connectivity index (χ0n) is 12.2. The van der Waals surface area contributed by atoms with Gasteiger partial charge in [-0.3, -0.25) is 4.79 Å². The van der Waals surface area contributed by atoms with Gasteiger partial charge in [-0.05, 0) is 42.8 Å². The molecule has 4 heteroatoms. The van der Waals surface area contributed by atoms with E-state index in [0.29, 0.717) is 19.1 Å². The Labute approximate surface area is 129 Å². The minimum atomic E-state index is 0.107. The van der Waals surface area contributed by atoms with E-state index in [-0.39, 0.29) is 5.91 Å². The molecule has 2 heterocycles. The number of thiophene rings is 1. The molecule has 2 aromatic rings. The van der Waals surface area contributed by atoms with Crippen molar-refractivity contribution in [3.63, 3.8) is 0 Å². The monoisotopic (exact) mass is 300 g/mol. The number of benzene rings is 1. The number of hydrogen-bond acceptors (Lipinski definition) is 3. The van der Waals surface area contributed by atoms with Crippen molar-refractivity contribution in [1.82, 2.24) is 5.32 Å². The molecule has 1 aliphatic rings. The first kappa shape index (κ1) is 14.1. The Hall–Kier alpha value is -1.81. The standard InChI is InChI=1S/C17H20N2OS/c1-13-11-14-5-2-3-7-16(14)19(13)12-17(20)18-9-8-15-6-4-10-21-15/h2-7,10,13H,8-9,11-12H2,1H3,(H,18,20). The van der Waals surface area contributed by atoms with E-state index in [2.05, 4.69) is 46.8 Å². The summed E-state index contributed by atoms with van der Waals surface area (Å²) in [5.74, 6) is 0.107. The maximum Gasteiger partial charge on any atom is 0.239 e. The average Bonchev–Trinajstić information content (AvgIpc) is 3.08. The van der Waals surface area contributed by atoms with Gasteiger partial charge in [-0.2, -0.15) is 0 Å². The van der Waals surface area contributed by atoms with Crippen LogP contribution in [0.2, 0.25) is 0 Å². The van der Waals surface area contributed by atoms with Crippen LogP contribution in [0.25, 0.3) is 0 Å². The Morgan fingerprint density at radius 3 is 3.00 bits per heavy atom. The predicted octanol–water partition coefficient (Wildman–Crippen LogP) is 2.86. The van der Waals surface area contributed by atoms with Crippen LogP contribution in [-0.2, 0) is 17.6 Å². The smallest absolute Gasteiger partial charge is 0.239 e. The van der Waals surface area contributed by atoms with Gasteiger partial charge in [0.05, 0.1) is 6.54 Å². The van der Waals surface area contributed by atoms with E-state index in [1.165, 1.54) is 16.1 Å². The maximum atomic E-state index is 12.1. The summed E-state index contributed by atoms with van der Waals surface area (Å²) >= 11 is 1.74. The Morgan fingerprint density at radius 2 is 2.19 bits per heavy atom. The second-order valence-corrected chi connectivity index (χ2v) is 6.52. The molecule has 0 spiro atoms. The SMILES string of the molecule is CC1Cc2ccccc2N1CC(=O)NCCc1cccs1. The molecular weight excluding hydrogens is 280 g/mol. The molecule has 0 radical (unpaired) electrons. The molecule has 1 aromatic heterocycles. The third-order valence-corrected chi connectivity index (χ3v) is 4.87. The number of para-hydroxylation sites is 1. The Bertz CT molecular complexity index is 609. The van der Waals surface area contributed by atoms with Crippen molar-refractivity contribution in [3.05, 3.63) is 52.2 Å². The van der Waals surface area contributed by atoms with E-state index >= 15 is 0 Å². The first-order valence-electron chi connectivity index (χ1n) is 7.37. The highest BCUT2D eigenvalue weighted by atomic mass is 32.1. The second kappa shape index (κ2) is 6.31. The third-order valence-electron chi connectivity index (χ3n) is 3.94. The van der Waals surface area contributed by atoms with Crippen LogP contribution in [0.5, 0.6) is 0 Å². The van der Waals surface area contributed by atoms with E-state index in [1.54, 1.807) is 11.3 Å². The second-order valence-electron chi connectivity index (χ2n) is 5.49. The molecule has 0 fully saturated rings. The molecule has 1 amide bonds. The van der Waals surface area contributed by atoms with Gasteiger partial charge in [0.15, 0.2) is 0 Å². The molecule has 1 N–H and O–H groups in total. The number of amides is 1. The summed E-state index contributed by atoms with van der Waals surface area (Å²) < 4.78 is 0. The van der Waals surface area contributed by atoms with Gasteiger partial charge < -0.3 is 10.2 Å². The minimum absolute atomic E-state index is 0.107. The summed E-state index contributed by atoms with van der Waals surface area (Å²) in [6.45, 7) is 3.34. The largest absolute Gasteiger partial charge is 0.359 e. The fourth-order valence-electron chi connectivity index (χ4n) is 2.86. The number of rotatable bonds is 5. The van der Waals surface area contributed by atoms with Gasteiger partial charge in [-0.25, -0.2) is 0 Å². The molecule has 21 heavy (non-hydrogen) atoms. The molecular formula is C17H20N2OS. The molecule has 1 unspecified atom stereocenters. The molecule has 1 atom stereocenters. The number of nitrogens with one attached hydrogen (secondary N) is 1. The van der Waals surface area contributed by atoms with E-state index < -0.39 is 0 Å². The average molecular weight is 300 g/mol. The van der Waals surface area contributed by atoms with Gasteiger partial charge in [0.25, 0.3) is 0 Å². The number of carbonyl (C=O) groups excluding carboxylic acids is 1. The zero-order chi connectivity index (χ0) is 14.7. The summed E-state index contributed by atoms with van der Waals surface area (Å²) in [7, 11) is 0. The highest BCUT2D eigenvalue weighted by molar-refractivity contribution is 7.09. The summed E-state index contributed by atoms with van der Waals surface area (Å²) in [4.78, 5) is 15.7. The van der Waals surface area contributed by atoms with Crippen molar-refractivity contribution in [2.45, 2.75) is 25.8 Å². The first-order chi connectivity index (χ1) is 10.2. The van der Waals surface area contributed by atoms with Crippen molar-refractivity contribution >= 4 is 22.9 Å². The Balaban J connectivity index is 1.53. The number of fused-ring (bicyclic) bond motifs is 1. The predicted molar refractivity (Wildman–Crippen MR) is 88.0 cm³/mol. The van der Waals surface area contributed by atoms with Crippen LogP contribution in [0.3, 0.4) is 0 Å². The van der Waals surface area contributed by atoms with Gasteiger partial charge in [0, 0.05) is 23.2 Å². The van der Waals surface area contributed by atoms with Crippen molar-refractivity contribution in [1.29, 1.82) is 0 Å². The van der Waals surface area contributed by atoms with Crippen LogP contribution in [0.4, 0.5) is 5.69 Å². The normalized spacial score (nSPS) is 16.8. The zero-order valence-corrected chi connectivity index (χ0v) is 13.0. The van der Waals surface area contributed by atoms with Crippen LogP contribution in [0.15, 0.2) is 41.8 Å². The third kappa shape index (κ3) is 3.27. The lowest BCUT2D eigenvalue weighted by atomic mass is 10.1. The number of anilines is 1. The Morgan fingerprint density at radius 1 is 1.33 bits per heavy atom. The van der Waals surface area contributed by atoms with Crippen molar-refractivity contribution in [2.24, 2.45) is 0 Å². The molecule has 110 valence electrons. The lowest BCUT2D eigenvalue weighted by Gasteiger charge is -2.24. The minimum Gasteiger partial charge on any atom is -0.359 e. The summed E-state index contributed by atoms with van der Waals surface area (Å²) in [5.41, 5.74) is 2.55. The lowest BCUT2D eigenvalue weighted by molar-refractivity contribution is -0.119. The highest BCUT2D eigenvalue weighted by Crippen LogP contribution is 2.31. The summed E-state index contributed by atoms with van der Waals surface area (Å²) in [6.07, 6.45) is 1.94. The van der Waals surface area contributed by atoms with E-state index in [9.17, 15) is 4.79 Å². The molecule has 0 bridgehead atoms. The lowest BCUT2D eigenvalue weighted by Crippen LogP contribution is -2.40. The molecule has 0 aliphatic carbocycles. The van der Waals surface area contributed by atoms with Gasteiger partial charge in [0.2, 0.25) is 5.91 Å². The Kier molecular flexibility index (Phi) is 4.25. The molecule has 3 nitrogen and oxygen atoms in total. The molecule has 0 saturated carbocycles. The summed E-state index contributed by atoms with van der Waals surface area (Å²) in [6, 6.07) is 12.9. The topological polar surface area (TPSA) is 32.3 Å². The van der Waals surface area contributed by atoms with Crippen LogP contribution >= 0.6 is 11.3 Å². The first-order valence-corrected chi connectivity index (χ1v) is 8.25. The van der Waals surface area contributed by atoms with Crippen molar-refractivity contribution in [3.8, 4) is 0 Å². The van der Waals surface area contributed by atoms with Crippen molar-refractivity contribution in [2.75, 3.05) is 18.0 Å². The van der Waals surface area contributed by atoms with Crippen LogP contribution < -0.4 is 10.2 Å². The molecule has 0 saturated heterocycles. The number of carbonyl (C=O) groups is 1. The molecule has 1 aromatic carbocycles. The fourth-order valence-corrected chi connectivity index (χ4v) is 3.57. The van der Waals surface area contributed by atoms with Crippen LogP contribution in [0, 0.1) is 0 Å². The summed E-state index contributed by atoms with van der Waals surface area (Å²) in [5, 5.41) is 5.09.